The third-order valence-electron chi connectivity index (χ3n) is 4.06. The largest absolute Gasteiger partial charge is 0.465 e. The van der Waals surface area contributed by atoms with Crippen molar-refractivity contribution in [2.75, 3.05) is 18.5 Å². The maximum absolute atomic E-state index is 12.6. The summed E-state index contributed by atoms with van der Waals surface area (Å²) >= 11 is 1.28. The summed E-state index contributed by atoms with van der Waals surface area (Å²) in [7, 11) is 1.59. The minimum atomic E-state index is -1.08. The van der Waals surface area contributed by atoms with Crippen molar-refractivity contribution in [3.8, 4) is 17.3 Å². The standard InChI is InChI=1S/C16H15N5O3S/c1-20(14(22)13-3-2-4-21(13)16(23)24)15-19-12(9-25-15)11-5-10(6-17)7-18-8-11/h5,7-9,13H,2-4H2,1H3,(H,23,24)/t13-/m0/s1. The second-order valence-electron chi connectivity index (χ2n) is 5.62. The predicted molar refractivity (Wildman–Crippen MR) is 91.2 cm³/mol. The van der Waals surface area contributed by atoms with E-state index < -0.39 is 12.1 Å². The highest BCUT2D eigenvalue weighted by atomic mass is 32.1. The van der Waals surface area contributed by atoms with Gasteiger partial charge < -0.3 is 5.11 Å². The van der Waals surface area contributed by atoms with Gasteiger partial charge in [-0.3, -0.25) is 19.6 Å². The van der Waals surface area contributed by atoms with Gasteiger partial charge in [-0.2, -0.15) is 5.26 Å². The van der Waals surface area contributed by atoms with Crippen LogP contribution in [0.2, 0.25) is 0 Å². The number of carbonyl (C=O) groups is 2. The normalized spacial score (nSPS) is 16.5. The van der Waals surface area contributed by atoms with Crippen LogP contribution in [-0.2, 0) is 4.79 Å². The molecule has 0 saturated carbocycles. The van der Waals surface area contributed by atoms with E-state index in [2.05, 4.69) is 9.97 Å². The number of rotatable bonds is 3. The number of amides is 2. The number of nitriles is 1. The first kappa shape index (κ1) is 16.9. The van der Waals surface area contributed by atoms with Crippen molar-refractivity contribution in [1.82, 2.24) is 14.9 Å². The molecule has 0 spiro atoms. The van der Waals surface area contributed by atoms with Gasteiger partial charge in [0.2, 0.25) is 0 Å². The number of pyridine rings is 1. The molecule has 8 nitrogen and oxygen atoms in total. The minimum absolute atomic E-state index is 0.287. The molecular weight excluding hydrogens is 342 g/mol. The Balaban J connectivity index is 1.80. The summed E-state index contributed by atoms with van der Waals surface area (Å²) in [6.07, 6.45) is 3.18. The van der Waals surface area contributed by atoms with Crippen LogP contribution in [0.4, 0.5) is 9.93 Å². The van der Waals surface area contributed by atoms with Crippen LogP contribution in [-0.4, -0.2) is 51.6 Å². The molecule has 9 heteroatoms. The lowest BCUT2D eigenvalue weighted by atomic mass is 10.2. The molecule has 1 fully saturated rings. The van der Waals surface area contributed by atoms with Crippen LogP contribution in [0.3, 0.4) is 0 Å². The zero-order valence-electron chi connectivity index (χ0n) is 13.4. The Labute approximate surface area is 148 Å². The Morgan fingerprint density at radius 1 is 1.48 bits per heavy atom. The lowest BCUT2D eigenvalue weighted by molar-refractivity contribution is -0.122. The number of carboxylic acid groups (broad SMARTS) is 1. The lowest BCUT2D eigenvalue weighted by Gasteiger charge is -2.24. The zero-order chi connectivity index (χ0) is 18.0. The number of aromatic nitrogens is 2. The first-order valence-electron chi connectivity index (χ1n) is 7.59. The van der Waals surface area contributed by atoms with E-state index in [-0.39, 0.29) is 5.91 Å². The SMILES string of the molecule is CN(C(=O)[C@@H]1CCCN1C(=O)O)c1nc(-c2cncc(C#N)c2)cs1. The molecule has 1 atom stereocenters. The van der Waals surface area contributed by atoms with Crippen LogP contribution < -0.4 is 4.90 Å². The van der Waals surface area contributed by atoms with E-state index in [0.717, 1.165) is 0 Å². The summed E-state index contributed by atoms with van der Waals surface area (Å²) in [6, 6.07) is 3.03. The maximum Gasteiger partial charge on any atom is 0.407 e. The third-order valence-corrected chi connectivity index (χ3v) is 4.97. The van der Waals surface area contributed by atoms with Crippen LogP contribution in [0, 0.1) is 11.3 Å². The van der Waals surface area contributed by atoms with E-state index in [4.69, 9.17) is 5.26 Å². The quantitative estimate of drug-likeness (QED) is 0.901. The molecule has 2 aromatic rings. The number of carbonyl (C=O) groups excluding carboxylic acids is 1. The van der Waals surface area contributed by atoms with Crippen molar-refractivity contribution < 1.29 is 14.7 Å². The Hall–Kier alpha value is -2.99. The van der Waals surface area contributed by atoms with E-state index in [0.29, 0.717) is 41.3 Å². The Morgan fingerprint density at radius 2 is 2.28 bits per heavy atom. The topological polar surface area (TPSA) is 110 Å². The van der Waals surface area contributed by atoms with E-state index in [9.17, 15) is 14.7 Å². The van der Waals surface area contributed by atoms with Crippen molar-refractivity contribution in [2.24, 2.45) is 0 Å². The number of likely N-dealkylation sites (tertiary alicyclic amines) is 1. The Kier molecular flexibility index (Phi) is 4.63. The molecule has 3 rings (SSSR count). The number of likely N-dealkylation sites (N-methyl/N-ethyl adjacent to an activating group) is 1. The summed E-state index contributed by atoms with van der Waals surface area (Å²) in [6.45, 7) is 0.370. The molecule has 128 valence electrons. The fourth-order valence-corrected chi connectivity index (χ4v) is 3.57. The summed E-state index contributed by atoms with van der Waals surface area (Å²) in [5, 5.41) is 20.4. The van der Waals surface area contributed by atoms with Gasteiger partial charge in [0.05, 0.1) is 11.3 Å². The number of thiazole rings is 1. The second-order valence-corrected chi connectivity index (χ2v) is 6.46. The van der Waals surface area contributed by atoms with Gasteiger partial charge in [-0.1, -0.05) is 0 Å². The highest BCUT2D eigenvalue weighted by molar-refractivity contribution is 7.14. The first-order valence-corrected chi connectivity index (χ1v) is 8.47. The van der Waals surface area contributed by atoms with Crippen molar-refractivity contribution in [3.63, 3.8) is 0 Å². The molecule has 2 aromatic heterocycles. The van der Waals surface area contributed by atoms with Crippen LogP contribution in [0.5, 0.6) is 0 Å². The van der Waals surface area contributed by atoms with E-state index in [1.807, 2.05) is 6.07 Å². The van der Waals surface area contributed by atoms with Gasteiger partial charge in [-0.25, -0.2) is 9.78 Å². The van der Waals surface area contributed by atoms with Gasteiger partial charge in [0, 0.05) is 36.9 Å². The number of hydrogen-bond acceptors (Lipinski definition) is 6. The lowest BCUT2D eigenvalue weighted by Crippen LogP contribution is -2.46. The van der Waals surface area contributed by atoms with Gasteiger partial charge >= 0.3 is 6.09 Å². The van der Waals surface area contributed by atoms with Crippen molar-refractivity contribution in [1.29, 1.82) is 5.26 Å². The predicted octanol–water partition coefficient (Wildman–Crippen LogP) is 2.18. The van der Waals surface area contributed by atoms with Crippen LogP contribution in [0.15, 0.2) is 23.8 Å². The van der Waals surface area contributed by atoms with Crippen LogP contribution in [0.25, 0.3) is 11.3 Å². The maximum atomic E-state index is 12.6. The molecule has 1 saturated heterocycles. The van der Waals surface area contributed by atoms with E-state index >= 15 is 0 Å². The molecule has 1 aliphatic rings. The van der Waals surface area contributed by atoms with Crippen molar-refractivity contribution >= 4 is 28.5 Å². The molecule has 0 unspecified atom stereocenters. The smallest absolute Gasteiger partial charge is 0.407 e. The zero-order valence-corrected chi connectivity index (χ0v) is 14.2. The van der Waals surface area contributed by atoms with Gasteiger partial charge in [-0.05, 0) is 18.9 Å². The third kappa shape index (κ3) is 3.29. The summed E-state index contributed by atoms with van der Waals surface area (Å²) in [5.74, 6) is -0.287. The molecule has 2 amide bonds. The summed E-state index contributed by atoms with van der Waals surface area (Å²) in [5.41, 5.74) is 1.74. The number of hydrogen-bond donors (Lipinski definition) is 1. The minimum Gasteiger partial charge on any atom is -0.465 e. The Morgan fingerprint density at radius 3 is 3.00 bits per heavy atom. The molecule has 0 bridgehead atoms. The fraction of sp³-hybridized carbons (Fsp3) is 0.312. The van der Waals surface area contributed by atoms with Crippen molar-refractivity contribution in [3.05, 3.63) is 29.4 Å². The second kappa shape index (κ2) is 6.86. The molecular formula is C16H15N5O3S. The van der Waals surface area contributed by atoms with Crippen LogP contribution in [0.1, 0.15) is 18.4 Å². The number of nitrogens with zero attached hydrogens (tertiary/aromatic N) is 5. The highest BCUT2D eigenvalue weighted by Crippen LogP contribution is 2.28. The van der Waals surface area contributed by atoms with Crippen LogP contribution >= 0.6 is 11.3 Å². The average Bonchev–Trinajstić information content (AvgIpc) is 3.30. The monoisotopic (exact) mass is 357 g/mol. The fourth-order valence-electron chi connectivity index (χ4n) is 2.76. The molecule has 1 aliphatic heterocycles. The number of anilines is 1. The highest BCUT2D eigenvalue weighted by Gasteiger charge is 2.36. The summed E-state index contributed by atoms with van der Waals surface area (Å²) < 4.78 is 0. The van der Waals surface area contributed by atoms with Crippen molar-refractivity contribution in [2.45, 2.75) is 18.9 Å². The molecule has 25 heavy (non-hydrogen) atoms. The van der Waals surface area contributed by atoms with Gasteiger partial charge in [0.15, 0.2) is 5.13 Å². The summed E-state index contributed by atoms with van der Waals surface area (Å²) in [4.78, 5) is 34.9. The molecule has 0 radical (unpaired) electrons. The van der Waals surface area contributed by atoms with E-state index in [1.165, 1.54) is 27.3 Å². The molecule has 0 aromatic carbocycles. The molecule has 3 heterocycles. The molecule has 0 aliphatic carbocycles. The van der Waals surface area contributed by atoms with Gasteiger partial charge in [0.25, 0.3) is 5.91 Å². The average molecular weight is 357 g/mol. The first-order chi connectivity index (χ1) is 12.0. The van der Waals surface area contributed by atoms with Gasteiger partial charge in [0.1, 0.15) is 12.1 Å². The molecule has 1 N–H and O–H groups in total. The van der Waals surface area contributed by atoms with Gasteiger partial charge in [-0.15, -0.1) is 11.3 Å². The van der Waals surface area contributed by atoms with E-state index in [1.54, 1.807) is 24.7 Å². The Bertz CT molecular complexity index is 859.